The number of urea groups is 1. The summed E-state index contributed by atoms with van der Waals surface area (Å²) in [6.45, 7) is 3.14. The van der Waals surface area contributed by atoms with E-state index in [2.05, 4.69) is 5.32 Å². The molecule has 0 aliphatic rings. The van der Waals surface area contributed by atoms with Crippen LogP contribution in [0.2, 0.25) is 0 Å². The standard InChI is InChI=1S/C13H17N3O5/c1-7(2)16(6-11(14)18)13(21)15-9-4-3-8(12(19)20)5-10(9)17/h3-5,7,17H,6H2,1-2H3,(H2,14,18)(H,15,21)(H,19,20). The van der Waals surface area contributed by atoms with Crippen LogP contribution in [0, 0.1) is 0 Å². The first-order valence-corrected chi connectivity index (χ1v) is 6.14. The lowest BCUT2D eigenvalue weighted by atomic mass is 10.2. The number of carboxylic acid groups (broad SMARTS) is 1. The van der Waals surface area contributed by atoms with Crippen molar-refractivity contribution in [3.05, 3.63) is 23.8 Å². The predicted octanol–water partition coefficient (Wildman–Crippen LogP) is 0.818. The number of nitrogens with one attached hydrogen (secondary N) is 1. The largest absolute Gasteiger partial charge is 0.506 e. The number of aromatic carboxylic acids is 1. The van der Waals surface area contributed by atoms with E-state index in [0.717, 1.165) is 6.07 Å². The minimum absolute atomic E-state index is 0.0418. The van der Waals surface area contributed by atoms with Crippen LogP contribution >= 0.6 is 0 Å². The van der Waals surface area contributed by atoms with Gasteiger partial charge in [0.2, 0.25) is 5.91 Å². The molecule has 8 heteroatoms. The van der Waals surface area contributed by atoms with Crippen LogP contribution in [0.1, 0.15) is 24.2 Å². The zero-order valence-corrected chi connectivity index (χ0v) is 11.7. The summed E-state index contributed by atoms with van der Waals surface area (Å²) in [5.41, 5.74) is 5.00. The number of amides is 3. The number of carbonyl (C=O) groups is 3. The normalized spacial score (nSPS) is 10.2. The Labute approximate surface area is 121 Å². The fraction of sp³-hybridized carbons (Fsp3) is 0.308. The second kappa shape index (κ2) is 6.60. The molecule has 0 unspecified atom stereocenters. The van der Waals surface area contributed by atoms with Crippen molar-refractivity contribution in [3.63, 3.8) is 0 Å². The Kier molecular flexibility index (Phi) is 5.12. The summed E-state index contributed by atoms with van der Waals surface area (Å²) in [5.74, 6) is -2.24. The highest BCUT2D eigenvalue weighted by molar-refractivity contribution is 5.95. The van der Waals surface area contributed by atoms with Gasteiger partial charge < -0.3 is 26.2 Å². The Morgan fingerprint density at radius 2 is 1.95 bits per heavy atom. The Hall–Kier alpha value is -2.77. The minimum Gasteiger partial charge on any atom is -0.506 e. The van der Waals surface area contributed by atoms with Crippen LogP contribution in [0.3, 0.4) is 0 Å². The smallest absolute Gasteiger partial charge is 0.335 e. The van der Waals surface area contributed by atoms with E-state index in [1.165, 1.54) is 17.0 Å². The lowest BCUT2D eigenvalue weighted by Crippen LogP contribution is -2.44. The van der Waals surface area contributed by atoms with Gasteiger partial charge in [-0.1, -0.05) is 0 Å². The summed E-state index contributed by atoms with van der Waals surface area (Å²) in [6, 6.07) is 2.62. The maximum absolute atomic E-state index is 12.0. The average molecular weight is 295 g/mol. The molecule has 1 aromatic rings. The third kappa shape index (κ3) is 4.37. The van der Waals surface area contributed by atoms with Gasteiger partial charge >= 0.3 is 12.0 Å². The molecule has 0 saturated carbocycles. The van der Waals surface area contributed by atoms with Crippen LogP contribution in [0.4, 0.5) is 10.5 Å². The fourth-order valence-corrected chi connectivity index (χ4v) is 1.61. The SMILES string of the molecule is CC(C)N(CC(N)=O)C(=O)Nc1ccc(C(=O)O)cc1O. The number of phenolic OH excluding ortho intramolecular Hbond substituents is 1. The fourth-order valence-electron chi connectivity index (χ4n) is 1.61. The van der Waals surface area contributed by atoms with Gasteiger partial charge in [-0.05, 0) is 32.0 Å². The van der Waals surface area contributed by atoms with Crippen molar-refractivity contribution in [3.8, 4) is 5.75 Å². The van der Waals surface area contributed by atoms with Gasteiger partial charge in [0.1, 0.15) is 12.3 Å². The highest BCUT2D eigenvalue weighted by Gasteiger charge is 2.20. The molecule has 5 N–H and O–H groups in total. The number of anilines is 1. The van der Waals surface area contributed by atoms with Gasteiger partial charge in [-0.3, -0.25) is 4.79 Å². The van der Waals surface area contributed by atoms with E-state index in [1.807, 2.05) is 0 Å². The molecule has 0 aliphatic heterocycles. The van der Waals surface area contributed by atoms with Gasteiger partial charge in [0.05, 0.1) is 11.3 Å². The van der Waals surface area contributed by atoms with E-state index in [1.54, 1.807) is 13.8 Å². The topological polar surface area (TPSA) is 133 Å². The van der Waals surface area contributed by atoms with Gasteiger partial charge in [0.25, 0.3) is 0 Å². The van der Waals surface area contributed by atoms with Crippen LogP contribution in [-0.2, 0) is 4.79 Å². The monoisotopic (exact) mass is 295 g/mol. The molecule has 0 radical (unpaired) electrons. The molecule has 0 fully saturated rings. The molecule has 8 nitrogen and oxygen atoms in total. The highest BCUT2D eigenvalue weighted by atomic mass is 16.4. The highest BCUT2D eigenvalue weighted by Crippen LogP contribution is 2.24. The summed E-state index contributed by atoms with van der Waals surface area (Å²) in [7, 11) is 0. The van der Waals surface area contributed by atoms with Crippen LogP contribution in [-0.4, -0.2) is 45.6 Å². The summed E-state index contributed by atoms with van der Waals surface area (Å²) < 4.78 is 0. The third-order valence-corrected chi connectivity index (χ3v) is 2.70. The van der Waals surface area contributed by atoms with Gasteiger partial charge in [-0.2, -0.15) is 0 Å². The molecule has 3 amide bonds. The quantitative estimate of drug-likeness (QED) is 0.597. The molecular weight excluding hydrogens is 278 g/mol. The number of primary amides is 1. The summed E-state index contributed by atoms with van der Waals surface area (Å²) in [6.07, 6.45) is 0. The molecular formula is C13H17N3O5. The number of benzene rings is 1. The maximum Gasteiger partial charge on any atom is 0.335 e. The van der Waals surface area contributed by atoms with E-state index in [9.17, 15) is 19.5 Å². The number of hydrogen-bond acceptors (Lipinski definition) is 4. The Bertz CT molecular complexity index is 571. The van der Waals surface area contributed by atoms with Gasteiger partial charge in [-0.15, -0.1) is 0 Å². The molecule has 0 bridgehead atoms. The second-order valence-electron chi connectivity index (χ2n) is 4.66. The van der Waals surface area contributed by atoms with Crippen LogP contribution in [0.25, 0.3) is 0 Å². The zero-order valence-electron chi connectivity index (χ0n) is 11.7. The van der Waals surface area contributed by atoms with E-state index >= 15 is 0 Å². The van der Waals surface area contributed by atoms with Crippen molar-refractivity contribution in [1.82, 2.24) is 4.90 Å². The van der Waals surface area contributed by atoms with Gasteiger partial charge in [0, 0.05) is 6.04 Å². The number of carbonyl (C=O) groups excluding carboxylic acids is 2. The van der Waals surface area contributed by atoms with Crippen molar-refractivity contribution in [2.24, 2.45) is 5.73 Å². The van der Waals surface area contributed by atoms with Crippen molar-refractivity contribution >= 4 is 23.6 Å². The van der Waals surface area contributed by atoms with Crippen LogP contribution in [0.5, 0.6) is 5.75 Å². The molecule has 0 aliphatic carbocycles. The maximum atomic E-state index is 12.0. The first kappa shape index (κ1) is 16.3. The van der Waals surface area contributed by atoms with Crippen LogP contribution in [0.15, 0.2) is 18.2 Å². The lowest BCUT2D eigenvalue weighted by Gasteiger charge is -2.25. The van der Waals surface area contributed by atoms with Crippen molar-refractivity contribution < 1.29 is 24.6 Å². The number of nitrogens with zero attached hydrogens (tertiary/aromatic N) is 1. The van der Waals surface area contributed by atoms with Crippen molar-refractivity contribution in [1.29, 1.82) is 0 Å². The predicted molar refractivity (Wildman–Crippen MR) is 75.1 cm³/mol. The van der Waals surface area contributed by atoms with E-state index in [0.29, 0.717) is 0 Å². The van der Waals surface area contributed by atoms with Crippen molar-refractivity contribution in [2.75, 3.05) is 11.9 Å². The molecule has 21 heavy (non-hydrogen) atoms. The molecule has 0 heterocycles. The third-order valence-electron chi connectivity index (χ3n) is 2.70. The molecule has 1 rings (SSSR count). The first-order chi connectivity index (χ1) is 9.72. The molecule has 1 aromatic carbocycles. The Morgan fingerprint density at radius 3 is 2.38 bits per heavy atom. The number of aromatic hydroxyl groups is 1. The number of nitrogens with two attached hydrogens (primary N) is 1. The van der Waals surface area contributed by atoms with Crippen LogP contribution < -0.4 is 11.1 Å². The lowest BCUT2D eigenvalue weighted by molar-refractivity contribution is -0.118. The first-order valence-electron chi connectivity index (χ1n) is 6.14. The summed E-state index contributed by atoms with van der Waals surface area (Å²) in [4.78, 5) is 34.9. The van der Waals surface area contributed by atoms with E-state index in [-0.39, 0.29) is 29.6 Å². The molecule has 114 valence electrons. The Balaban J connectivity index is 2.91. The van der Waals surface area contributed by atoms with Gasteiger partial charge in [-0.25, -0.2) is 9.59 Å². The minimum atomic E-state index is -1.19. The number of phenols is 1. The number of hydrogen-bond donors (Lipinski definition) is 4. The van der Waals surface area contributed by atoms with E-state index in [4.69, 9.17) is 10.8 Å². The summed E-state index contributed by atoms with van der Waals surface area (Å²) in [5, 5.41) is 20.9. The van der Waals surface area contributed by atoms with Gasteiger partial charge in [0.15, 0.2) is 0 Å². The number of carboxylic acids is 1. The zero-order chi connectivity index (χ0) is 16.2. The molecule has 0 atom stereocenters. The van der Waals surface area contributed by atoms with Crippen molar-refractivity contribution in [2.45, 2.75) is 19.9 Å². The molecule has 0 aromatic heterocycles. The Morgan fingerprint density at radius 1 is 1.33 bits per heavy atom. The molecule has 0 spiro atoms. The average Bonchev–Trinajstić information content (AvgIpc) is 2.37. The second-order valence-corrected chi connectivity index (χ2v) is 4.66. The number of rotatable bonds is 5. The summed E-state index contributed by atoms with van der Waals surface area (Å²) >= 11 is 0. The van der Waals surface area contributed by atoms with E-state index < -0.39 is 17.9 Å². The molecule has 0 saturated heterocycles.